The topological polar surface area (TPSA) is 55.1 Å². The van der Waals surface area contributed by atoms with E-state index in [9.17, 15) is 0 Å². The quantitative estimate of drug-likeness (QED) is 0.464. The Morgan fingerprint density at radius 2 is 1.66 bits per heavy atom. The van der Waals surface area contributed by atoms with Crippen LogP contribution >= 0.6 is 11.6 Å². The van der Waals surface area contributed by atoms with E-state index < -0.39 is 0 Å². The number of aromatic nitrogens is 3. The highest BCUT2D eigenvalue weighted by molar-refractivity contribution is 6.30. The lowest BCUT2D eigenvalue weighted by molar-refractivity contribution is 0.424. The maximum atomic E-state index is 6.01. The molecule has 1 aliphatic rings. The third-order valence-corrected chi connectivity index (χ3v) is 5.52. The summed E-state index contributed by atoms with van der Waals surface area (Å²) in [4.78, 5) is 2.21. The van der Waals surface area contributed by atoms with Gasteiger partial charge in [0, 0.05) is 34.7 Å². The second-order valence-corrected chi connectivity index (χ2v) is 7.69. The maximum absolute atomic E-state index is 6.01. The molecule has 144 valence electrons. The van der Waals surface area contributed by atoms with Crippen LogP contribution in [0.3, 0.4) is 0 Å². The molecular weight excluding hydrogens is 384 g/mol. The van der Waals surface area contributed by atoms with E-state index in [2.05, 4.69) is 51.4 Å². The summed E-state index contributed by atoms with van der Waals surface area (Å²) in [7, 11) is 0. The van der Waals surface area contributed by atoms with Gasteiger partial charge >= 0.3 is 0 Å². The number of rotatable bonds is 3. The van der Waals surface area contributed by atoms with Crippen LogP contribution in [0.4, 0.5) is 5.82 Å². The molecule has 0 atom stereocenters. The largest absolute Gasteiger partial charge is 0.356 e. The van der Waals surface area contributed by atoms with Crippen molar-refractivity contribution in [3.63, 3.8) is 0 Å². The van der Waals surface area contributed by atoms with Gasteiger partial charge in [-0.15, -0.1) is 10.2 Å². The highest BCUT2D eigenvalue weighted by atomic mass is 35.5. The van der Waals surface area contributed by atoms with E-state index in [1.165, 1.54) is 5.56 Å². The van der Waals surface area contributed by atoms with Crippen molar-refractivity contribution in [1.82, 2.24) is 15.4 Å². The molecule has 0 amide bonds. The molecule has 0 bridgehead atoms. The maximum Gasteiger partial charge on any atom is 0.172 e. The molecule has 6 heteroatoms. The van der Waals surface area contributed by atoms with Crippen molar-refractivity contribution in [2.45, 2.75) is 19.9 Å². The lowest BCUT2D eigenvalue weighted by atomic mass is 10.0. The standard InChI is InChI=1S/C23H19ClN4O/c1-15-2-4-16(5-3-15)20-10-11-22(26-25-20)28-13-12-21-19(14-28)23(29-27-21)17-6-8-18(24)9-7-17/h2-11H,12-14H2,1H3. The van der Waals surface area contributed by atoms with Crippen LogP contribution in [-0.4, -0.2) is 21.9 Å². The van der Waals surface area contributed by atoms with E-state index in [-0.39, 0.29) is 0 Å². The lowest BCUT2D eigenvalue weighted by Gasteiger charge is -2.27. The summed E-state index contributed by atoms with van der Waals surface area (Å²) in [5, 5.41) is 13.9. The van der Waals surface area contributed by atoms with Gasteiger partial charge < -0.3 is 9.42 Å². The molecular formula is C23H19ClN4O. The van der Waals surface area contributed by atoms with Crippen LogP contribution in [0.5, 0.6) is 0 Å². The van der Waals surface area contributed by atoms with Gasteiger partial charge in [-0.1, -0.05) is 46.6 Å². The molecule has 1 aliphatic heterocycles. The van der Waals surface area contributed by atoms with Crippen molar-refractivity contribution < 1.29 is 4.52 Å². The SMILES string of the molecule is Cc1ccc(-c2ccc(N3CCc4noc(-c5ccc(Cl)cc5)c4C3)nn2)cc1. The average molecular weight is 403 g/mol. The fraction of sp³-hybridized carbons (Fsp3) is 0.174. The minimum Gasteiger partial charge on any atom is -0.356 e. The minimum absolute atomic E-state index is 0.690. The van der Waals surface area contributed by atoms with Gasteiger partial charge in [0.15, 0.2) is 11.6 Å². The van der Waals surface area contributed by atoms with Crippen molar-refractivity contribution in [1.29, 1.82) is 0 Å². The fourth-order valence-corrected chi connectivity index (χ4v) is 3.73. The number of halogens is 1. The third kappa shape index (κ3) is 3.49. The molecule has 0 saturated carbocycles. The molecule has 2 aromatic heterocycles. The van der Waals surface area contributed by atoms with Crippen molar-refractivity contribution in [2.75, 3.05) is 11.4 Å². The molecule has 0 unspecified atom stereocenters. The zero-order valence-corrected chi connectivity index (χ0v) is 16.7. The Morgan fingerprint density at radius 1 is 0.897 bits per heavy atom. The van der Waals surface area contributed by atoms with Crippen LogP contribution in [-0.2, 0) is 13.0 Å². The van der Waals surface area contributed by atoms with Gasteiger partial charge in [0.1, 0.15) is 0 Å². The molecule has 5 rings (SSSR count). The molecule has 3 heterocycles. The van der Waals surface area contributed by atoms with E-state index in [0.29, 0.717) is 11.6 Å². The predicted molar refractivity (Wildman–Crippen MR) is 114 cm³/mol. The Morgan fingerprint density at radius 3 is 2.38 bits per heavy atom. The predicted octanol–water partition coefficient (Wildman–Crippen LogP) is 5.32. The molecule has 4 aromatic rings. The number of benzene rings is 2. The van der Waals surface area contributed by atoms with E-state index in [1.54, 1.807) is 0 Å². The molecule has 0 saturated heterocycles. The molecule has 0 aliphatic carbocycles. The van der Waals surface area contributed by atoms with Crippen LogP contribution in [0.25, 0.3) is 22.6 Å². The molecule has 2 aromatic carbocycles. The van der Waals surface area contributed by atoms with Gasteiger partial charge in [-0.05, 0) is 43.3 Å². The Bertz CT molecular complexity index is 1140. The van der Waals surface area contributed by atoms with E-state index in [4.69, 9.17) is 16.1 Å². The average Bonchev–Trinajstić information content (AvgIpc) is 3.18. The smallest absolute Gasteiger partial charge is 0.172 e. The molecule has 5 nitrogen and oxygen atoms in total. The van der Waals surface area contributed by atoms with Gasteiger partial charge in [0.2, 0.25) is 0 Å². The first-order valence-corrected chi connectivity index (χ1v) is 9.94. The van der Waals surface area contributed by atoms with E-state index in [0.717, 1.165) is 52.6 Å². The van der Waals surface area contributed by atoms with Crippen molar-refractivity contribution in [2.24, 2.45) is 0 Å². The van der Waals surface area contributed by atoms with Gasteiger partial charge in [0.05, 0.1) is 17.9 Å². The van der Waals surface area contributed by atoms with Gasteiger partial charge in [-0.2, -0.15) is 0 Å². The Balaban J connectivity index is 1.40. The number of anilines is 1. The highest BCUT2D eigenvalue weighted by Crippen LogP contribution is 2.32. The Hall–Kier alpha value is -3.18. The number of hydrogen-bond donors (Lipinski definition) is 0. The van der Waals surface area contributed by atoms with E-state index in [1.807, 2.05) is 36.4 Å². The third-order valence-electron chi connectivity index (χ3n) is 5.27. The number of nitrogens with zero attached hydrogens (tertiary/aromatic N) is 4. The molecule has 29 heavy (non-hydrogen) atoms. The Kier molecular flexibility index (Phi) is 4.52. The summed E-state index contributed by atoms with van der Waals surface area (Å²) in [6, 6.07) is 20.0. The first-order valence-electron chi connectivity index (χ1n) is 9.56. The van der Waals surface area contributed by atoms with Crippen molar-refractivity contribution in [3.05, 3.63) is 82.5 Å². The normalized spacial score (nSPS) is 13.4. The molecule has 0 fully saturated rings. The summed E-state index contributed by atoms with van der Waals surface area (Å²) in [6.07, 6.45) is 0.813. The van der Waals surface area contributed by atoms with Crippen LogP contribution in [0.1, 0.15) is 16.8 Å². The fourth-order valence-electron chi connectivity index (χ4n) is 3.61. The summed E-state index contributed by atoms with van der Waals surface area (Å²) in [5.41, 5.74) is 6.26. The molecule has 0 spiro atoms. The van der Waals surface area contributed by atoms with Crippen molar-refractivity contribution in [3.8, 4) is 22.6 Å². The van der Waals surface area contributed by atoms with Crippen molar-refractivity contribution >= 4 is 17.4 Å². The zero-order valence-electron chi connectivity index (χ0n) is 16.0. The van der Waals surface area contributed by atoms with Crippen LogP contribution < -0.4 is 4.90 Å². The van der Waals surface area contributed by atoms with Crippen LogP contribution in [0, 0.1) is 6.92 Å². The van der Waals surface area contributed by atoms with Crippen LogP contribution in [0.2, 0.25) is 5.02 Å². The van der Waals surface area contributed by atoms with Gasteiger partial charge in [-0.3, -0.25) is 0 Å². The second kappa shape index (κ2) is 7.33. The number of fused-ring (bicyclic) bond motifs is 1. The Labute approximate surface area is 173 Å². The molecule has 0 N–H and O–H groups in total. The molecule has 0 radical (unpaired) electrons. The monoisotopic (exact) mass is 402 g/mol. The van der Waals surface area contributed by atoms with Gasteiger partial charge in [-0.25, -0.2) is 0 Å². The first-order chi connectivity index (χ1) is 14.2. The second-order valence-electron chi connectivity index (χ2n) is 7.26. The number of hydrogen-bond acceptors (Lipinski definition) is 5. The zero-order chi connectivity index (χ0) is 19.8. The summed E-state index contributed by atoms with van der Waals surface area (Å²) >= 11 is 6.01. The first kappa shape index (κ1) is 17.9. The van der Waals surface area contributed by atoms with Crippen LogP contribution in [0.15, 0.2) is 65.2 Å². The lowest BCUT2D eigenvalue weighted by Crippen LogP contribution is -2.31. The van der Waals surface area contributed by atoms with E-state index >= 15 is 0 Å². The van der Waals surface area contributed by atoms with Gasteiger partial charge in [0.25, 0.3) is 0 Å². The number of aryl methyl sites for hydroxylation is 1. The summed E-state index contributed by atoms with van der Waals surface area (Å²) < 4.78 is 5.66. The minimum atomic E-state index is 0.690. The summed E-state index contributed by atoms with van der Waals surface area (Å²) in [6.45, 7) is 3.60. The highest BCUT2D eigenvalue weighted by Gasteiger charge is 2.25. The summed E-state index contributed by atoms with van der Waals surface area (Å²) in [5.74, 6) is 1.65.